The number of halogens is 1. The van der Waals surface area contributed by atoms with Crippen LogP contribution in [0.1, 0.15) is 34.1 Å². The van der Waals surface area contributed by atoms with Gasteiger partial charge in [0.25, 0.3) is 0 Å². The number of nitrogens with one attached hydrogen (secondary N) is 2. The molecule has 0 fully saturated rings. The Bertz CT molecular complexity index is 163. The maximum atomic E-state index is 11.5. The summed E-state index contributed by atoms with van der Waals surface area (Å²) in [5, 5.41) is 6.17. The molecule has 0 aliphatic rings. The SMILES string of the molecule is CCCNCCNC(=O)C(C)C(C)C.Cl. The summed E-state index contributed by atoms with van der Waals surface area (Å²) in [6.07, 6.45) is 1.14. The highest BCUT2D eigenvalue weighted by Gasteiger charge is 2.15. The molecular formula is C11H25ClN2O. The maximum Gasteiger partial charge on any atom is 0.223 e. The molecule has 0 saturated heterocycles. The lowest BCUT2D eigenvalue weighted by atomic mass is 9.97. The van der Waals surface area contributed by atoms with E-state index in [1.807, 2.05) is 6.92 Å². The third-order valence-electron chi connectivity index (χ3n) is 2.44. The zero-order chi connectivity index (χ0) is 11.0. The summed E-state index contributed by atoms with van der Waals surface area (Å²) in [5.74, 6) is 0.693. The highest BCUT2D eigenvalue weighted by molar-refractivity contribution is 5.85. The van der Waals surface area contributed by atoms with E-state index in [9.17, 15) is 4.79 Å². The summed E-state index contributed by atoms with van der Waals surface area (Å²) >= 11 is 0. The molecule has 0 aromatic rings. The van der Waals surface area contributed by atoms with Crippen molar-refractivity contribution in [3.8, 4) is 0 Å². The molecule has 92 valence electrons. The van der Waals surface area contributed by atoms with Crippen LogP contribution in [-0.4, -0.2) is 25.5 Å². The molecule has 0 aromatic heterocycles. The molecule has 1 unspecified atom stereocenters. The van der Waals surface area contributed by atoms with E-state index in [0.29, 0.717) is 5.92 Å². The lowest BCUT2D eigenvalue weighted by Gasteiger charge is -2.15. The second-order valence-electron chi connectivity index (χ2n) is 4.07. The topological polar surface area (TPSA) is 41.1 Å². The number of carbonyl (C=O) groups excluding carboxylic acids is 1. The first-order chi connectivity index (χ1) is 6.59. The molecule has 0 bridgehead atoms. The predicted molar refractivity (Wildman–Crippen MR) is 67.4 cm³/mol. The van der Waals surface area contributed by atoms with Crippen molar-refractivity contribution < 1.29 is 4.79 Å². The van der Waals surface area contributed by atoms with Crippen LogP contribution in [0.3, 0.4) is 0 Å². The standard InChI is InChI=1S/C11H24N2O.ClH/c1-5-6-12-7-8-13-11(14)10(4)9(2)3;/h9-10,12H,5-8H2,1-4H3,(H,13,14);1H. The van der Waals surface area contributed by atoms with Crippen LogP contribution in [0, 0.1) is 11.8 Å². The van der Waals surface area contributed by atoms with Gasteiger partial charge >= 0.3 is 0 Å². The summed E-state index contributed by atoms with van der Waals surface area (Å²) in [6, 6.07) is 0. The number of amides is 1. The van der Waals surface area contributed by atoms with Crippen molar-refractivity contribution in [3.05, 3.63) is 0 Å². The molecule has 15 heavy (non-hydrogen) atoms. The quantitative estimate of drug-likeness (QED) is 0.662. The molecule has 0 saturated carbocycles. The van der Waals surface area contributed by atoms with E-state index in [-0.39, 0.29) is 24.2 Å². The van der Waals surface area contributed by atoms with Crippen molar-refractivity contribution in [1.29, 1.82) is 0 Å². The highest BCUT2D eigenvalue weighted by atomic mass is 35.5. The Morgan fingerprint density at radius 1 is 1.13 bits per heavy atom. The number of carbonyl (C=O) groups is 1. The Morgan fingerprint density at radius 2 is 1.73 bits per heavy atom. The van der Waals surface area contributed by atoms with Crippen LogP contribution in [0.25, 0.3) is 0 Å². The lowest BCUT2D eigenvalue weighted by molar-refractivity contribution is -0.125. The second-order valence-corrected chi connectivity index (χ2v) is 4.07. The highest BCUT2D eigenvalue weighted by Crippen LogP contribution is 2.08. The summed E-state index contributed by atoms with van der Waals surface area (Å²) < 4.78 is 0. The molecule has 4 heteroatoms. The predicted octanol–water partition coefficient (Wildman–Crippen LogP) is 1.82. The molecule has 0 heterocycles. The minimum Gasteiger partial charge on any atom is -0.355 e. The largest absolute Gasteiger partial charge is 0.355 e. The van der Waals surface area contributed by atoms with Crippen molar-refractivity contribution in [2.24, 2.45) is 11.8 Å². The Balaban J connectivity index is 0. The molecule has 2 N–H and O–H groups in total. The monoisotopic (exact) mass is 236 g/mol. The van der Waals surface area contributed by atoms with Gasteiger partial charge in [0.1, 0.15) is 0 Å². The van der Waals surface area contributed by atoms with E-state index in [1.54, 1.807) is 0 Å². The van der Waals surface area contributed by atoms with Gasteiger partial charge in [0.15, 0.2) is 0 Å². The van der Waals surface area contributed by atoms with Crippen LogP contribution in [0.2, 0.25) is 0 Å². The molecule has 3 nitrogen and oxygen atoms in total. The second kappa shape index (κ2) is 10.2. The summed E-state index contributed by atoms with van der Waals surface area (Å²) in [5.41, 5.74) is 0. The maximum absolute atomic E-state index is 11.5. The van der Waals surface area contributed by atoms with Crippen molar-refractivity contribution in [2.75, 3.05) is 19.6 Å². The van der Waals surface area contributed by atoms with Crippen LogP contribution in [0.5, 0.6) is 0 Å². The summed E-state index contributed by atoms with van der Waals surface area (Å²) in [7, 11) is 0. The van der Waals surface area contributed by atoms with E-state index in [1.165, 1.54) is 0 Å². The molecule has 0 radical (unpaired) electrons. The third kappa shape index (κ3) is 8.70. The van der Waals surface area contributed by atoms with E-state index < -0.39 is 0 Å². The van der Waals surface area contributed by atoms with Gasteiger partial charge in [-0.15, -0.1) is 12.4 Å². The average molecular weight is 237 g/mol. The van der Waals surface area contributed by atoms with E-state index >= 15 is 0 Å². The van der Waals surface area contributed by atoms with Gasteiger partial charge in [0.05, 0.1) is 0 Å². The minimum absolute atomic E-state index is 0. The van der Waals surface area contributed by atoms with Crippen LogP contribution in [0.15, 0.2) is 0 Å². The smallest absolute Gasteiger partial charge is 0.223 e. The summed E-state index contributed by atoms with van der Waals surface area (Å²) in [6.45, 7) is 10.9. The first kappa shape index (κ1) is 17.1. The zero-order valence-electron chi connectivity index (χ0n) is 10.3. The van der Waals surface area contributed by atoms with Gasteiger partial charge in [0, 0.05) is 19.0 Å². The Hall–Kier alpha value is -0.280. The van der Waals surface area contributed by atoms with Gasteiger partial charge in [0.2, 0.25) is 5.91 Å². The van der Waals surface area contributed by atoms with Crippen molar-refractivity contribution in [1.82, 2.24) is 10.6 Å². The van der Waals surface area contributed by atoms with Crippen LogP contribution in [0.4, 0.5) is 0 Å². The third-order valence-corrected chi connectivity index (χ3v) is 2.44. The van der Waals surface area contributed by atoms with Gasteiger partial charge in [-0.2, -0.15) is 0 Å². The first-order valence-corrected chi connectivity index (χ1v) is 5.58. The fourth-order valence-corrected chi connectivity index (χ4v) is 1.04. The number of hydrogen-bond donors (Lipinski definition) is 2. The Morgan fingerprint density at radius 3 is 2.20 bits per heavy atom. The number of rotatable bonds is 7. The van der Waals surface area contributed by atoms with Crippen molar-refractivity contribution in [3.63, 3.8) is 0 Å². The fraction of sp³-hybridized carbons (Fsp3) is 0.909. The molecule has 1 amide bonds. The van der Waals surface area contributed by atoms with E-state index in [0.717, 1.165) is 26.1 Å². The van der Waals surface area contributed by atoms with Gasteiger partial charge in [-0.3, -0.25) is 4.79 Å². The zero-order valence-corrected chi connectivity index (χ0v) is 11.1. The number of hydrogen-bond acceptors (Lipinski definition) is 2. The van der Waals surface area contributed by atoms with Gasteiger partial charge in [-0.25, -0.2) is 0 Å². The van der Waals surface area contributed by atoms with Gasteiger partial charge in [-0.05, 0) is 18.9 Å². The fourth-order valence-electron chi connectivity index (χ4n) is 1.04. The minimum atomic E-state index is 0. The van der Waals surface area contributed by atoms with Crippen LogP contribution < -0.4 is 10.6 Å². The Kier molecular flexibility index (Phi) is 11.7. The summed E-state index contributed by atoms with van der Waals surface area (Å²) in [4.78, 5) is 11.5. The van der Waals surface area contributed by atoms with Crippen LogP contribution >= 0.6 is 12.4 Å². The van der Waals surface area contributed by atoms with E-state index in [4.69, 9.17) is 0 Å². The molecule has 1 atom stereocenters. The van der Waals surface area contributed by atoms with Crippen molar-refractivity contribution in [2.45, 2.75) is 34.1 Å². The van der Waals surface area contributed by atoms with Crippen molar-refractivity contribution >= 4 is 18.3 Å². The average Bonchev–Trinajstić information content (AvgIpc) is 2.16. The first-order valence-electron chi connectivity index (χ1n) is 5.58. The van der Waals surface area contributed by atoms with Crippen LogP contribution in [-0.2, 0) is 4.79 Å². The molecule has 0 spiro atoms. The van der Waals surface area contributed by atoms with E-state index in [2.05, 4.69) is 31.4 Å². The molecular weight excluding hydrogens is 212 g/mol. The van der Waals surface area contributed by atoms with Gasteiger partial charge < -0.3 is 10.6 Å². The van der Waals surface area contributed by atoms with Gasteiger partial charge in [-0.1, -0.05) is 27.7 Å². The molecule has 0 aliphatic heterocycles. The normalized spacial score (nSPS) is 12.1. The molecule has 0 aliphatic carbocycles. The Labute approximate surface area is 99.8 Å². The lowest BCUT2D eigenvalue weighted by Crippen LogP contribution is -2.36. The molecule has 0 aromatic carbocycles. The molecule has 0 rings (SSSR count).